The first-order valence-corrected chi connectivity index (χ1v) is 9.72. The molecule has 6 nitrogen and oxygen atoms in total. The van der Waals surface area contributed by atoms with Gasteiger partial charge in [-0.2, -0.15) is 0 Å². The maximum Gasteiger partial charge on any atom is 0.211 e. The van der Waals surface area contributed by atoms with Crippen molar-refractivity contribution in [2.75, 3.05) is 24.7 Å². The standard InChI is InChI=1S/C15H26N4O2S/c1-12(2)18-15-10-14(16-11-17-15)9-13-5-4-7-19(8-6-13)22(3,20)21/h10-13H,4-9H2,1-3H3,(H,16,17,18). The van der Waals surface area contributed by atoms with E-state index in [4.69, 9.17) is 0 Å². The van der Waals surface area contributed by atoms with Crippen molar-refractivity contribution < 1.29 is 8.42 Å². The fourth-order valence-corrected chi connectivity index (χ4v) is 3.75. The summed E-state index contributed by atoms with van der Waals surface area (Å²) in [7, 11) is -3.07. The lowest BCUT2D eigenvalue weighted by Crippen LogP contribution is -2.30. The van der Waals surface area contributed by atoms with Crippen LogP contribution in [0.2, 0.25) is 0 Å². The van der Waals surface area contributed by atoms with E-state index in [9.17, 15) is 8.42 Å². The Morgan fingerprint density at radius 1 is 1.32 bits per heavy atom. The van der Waals surface area contributed by atoms with Crippen LogP contribution < -0.4 is 5.32 Å². The van der Waals surface area contributed by atoms with Crippen molar-refractivity contribution in [3.05, 3.63) is 18.1 Å². The highest BCUT2D eigenvalue weighted by molar-refractivity contribution is 7.88. The van der Waals surface area contributed by atoms with E-state index in [2.05, 4.69) is 29.1 Å². The average molecular weight is 326 g/mol. The highest BCUT2D eigenvalue weighted by Gasteiger charge is 2.23. The molecule has 0 radical (unpaired) electrons. The number of aromatic nitrogens is 2. The van der Waals surface area contributed by atoms with E-state index in [-0.39, 0.29) is 0 Å². The van der Waals surface area contributed by atoms with Gasteiger partial charge in [0, 0.05) is 30.9 Å². The summed E-state index contributed by atoms with van der Waals surface area (Å²) in [5.41, 5.74) is 1.02. The lowest BCUT2D eigenvalue weighted by atomic mass is 9.95. The topological polar surface area (TPSA) is 75.2 Å². The predicted molar refractivity (Wildman–Crippen MR) is 88.3 cm³/mol. The van der Waals surface area contributed by atoms with Gasteiger partial charge < -0.3 is 5.32 Å². The van der Waals surface area contributed by atoms with E-state index in [0.717, 1.165) is 37.2 Å². The minimum Gasteiger partial charge on any atom is -0.368 e. The number of rotatable bonds is 5. The van der Waals surface area contributed by atoms with Crippen molar-refractivity contribution in [3.63, 3.8) is 0 Å². The zero-order valence-corrected chi connectivity index (χ0v) is 14.4. The minimum atomic E-state index is -3.07. The summed E-state index contributed by atoms with van der Waals surface area (Å²) in [4.78, 5) is 8.58. The van der Waals surface area contributed by atoms with Crippen molar-refractivity contribution in [1.82, 2.24) is 14.3 Å². The van der Waals surface area contributed by atoms with Crippen LogP contribution in [0.25, 0.3) is 0 Å². The molecule has 1 saturated heterocycles. The summed E-state index contributed by atoms with van der Waals surface area (Å²) in [6.07, 6.45) is 6.63. The summed E-state index contributed by atoms with van der Waals surface area (Å²) in [6.45, 7) is 5.41. The Labute approximate surface area is 133 Å². The summed E-state index contributed by atoms with van der Waals surface area (Å²) in [5, 5.41) is 3.28. The van der Waals surface area contributed by atoms with Crippen LogP contribution in [0.1, 0.15) is 38.8 Å². The Kier molecular flexibility index (Phi) is 5.74. The quantitative estimate of drug-likeness (QED) is 0.894. The molecule has 2 heterocycles. The van der Waals surface area contributed by atoms with E-state index in [1.165, 1.54) is 6.26 Å². The Morgan fingerprint density at radius 3 is 2.77 bits per heavy atom. The number of nitrogens with zero attached hydrogens (tertiary/aromatic N) is 3. The highest BCUT2D eigenvalue weighted by Crippen LogP contribution is 2.22. The molecule has 0 saturated carbocycles. The van der Waals surface area contributed by atoms with Crippen molar-refractivity contribution in [2.24, 2.45) is 5.92 Å². The largest absolute Gasteiger partial charge is 0.368 e. The van der Waals surface area contributed by atoms with Crippen LogP contribution in [0.4, 0.5) is 5.82 Å². The van der Waals surface area contributed by atoms with Crippen LogP contribution >= 0.6 is 0 Å². The van der Waals surface area contributed by atoms with Gasteiger partial charge in [0.05, 0.1) is 6.26 Å². The van der Waals surface area contributed by atoms with Gasteiger partial charge in [-0.1, -0.05) is 0 Å². The summed E-state index contributed by atoms with van der Waals surface area (Å²) in [6, 6.07) is 2.34. The van der Waals surface area contributed by atoms with Crippen LogP contribution in [-0.4, -0.2) is 48.1 Å². The molecule has 1 aliphatic heterocycles. The molecule has 0 amide bonds. The molecule has 0 bridgehead atoms. The minimum absolute atomic E-state index is 0.337. The fraction of sp³-hybridized carbons (Fsp3) is 0.733. The van der Waals surface area contributed by atoms with E-state index < -0.39 is 10.0 Å². The Balaban J connectivity index is 1.96. The maximum absolute atomic E-state index is 11.6. The predicted octanol–water partition coefficient (Wildman–Crippen LogP) is 1.90. The summed E-state index contributed by atoms with van der Waals surface area (Å²) >= 11 is 0. The molecule has 1 aromatic rings. The molecule has 1 unspecified atom stereocenters. The van der Waals surface area contributed by atoms with Crippen LogP contribution in [0.3, 0.4) is 0 Å². The van der Waals surface area contributed by atoms with Gasteiger partial charge in [-0.3, -0.25) is 0 Å². The lowest BCUT2D eigenvalue weighted by molar-refractivity contribution is 0.412. The number of anilines is 1. The zero-order valence-electron chi connectivity index (χ0n) is 13.6. The van der Waals surface area contributed by atoms with Crippen LogP contribution in [0.15, 0.2) is 12.4 Å². The third kappa shape index (κ3) is 5.21. The molecule has 1 aliphatic rings. The highest BCUT2D eigenvalue weighted by atomic mass is 32.2. The molecule has 1 aromatic heterocycles. The van der Waals surface area contributed by atoms with Crippen LogP contribution in [0.5, 0.6) is 0 Å². The number of sulfonamides is 1. The van der Waals surface area contributed by atoms with Gasteiger partial charge >= 0.3 is 0 Å². The number of hydrogen-bond acceptors (Lipinski definition) is 5. The van der Waals surface area contributed by atoms with Gasteiger partial charge in [-0.05, 0) is 45.4 Å². The van der Waals surface area contributed by atoms with Crippen LogP contribution in [0, 0.1) is 5.92 Å². The number of hydrogen-bond donors (Lipinski definition) is 1. The second-order valence-electron chi connectivity index (χ2n) is 6.36. The SMILES string of the molecule is CC(C)Nc1cc(CC2CCCN(S(C)(=O)=O)CC2)ncn1. The molecule has 1 N–H and O–H groups in total. The zero-order chi connectivity index (χ0) is 16.2. The lowest BCUT2D eigenvalue weighted by Gasteiger charge is -2.17. The van der Waals surface area contributed by atoms with Crippen LogP contribution in [-0.2, 0) is 16.4 Å². The first kappa shape index (κ1) is 17.1. The molecule has 7 heteroatoms. The fourth-order valence-electron chi connectivity index (χ4n) is 2.85. The van der Waals surface area contributed by atoms with Gasteiger partial charge in [0.25, 0.3) is 0 Å². The molecule has 1 fully saturated rings. The first-order valence-electron chi connectivity index (χ1n) is 7.87. The number of nitrogens with one attached hydrogen (secondary N) is 1. The maximum atomic E-state index is 11.6. The first-order chi connectivity index (χ1) is 10.3. The molecular weight excluding hydrogens is 300 g/mol. The monoisotopic (exact) mass is 326 g/mol. The second-order valence-corrected chi connectivity index (χ2v) is 8.34. The molecule has 0 spiro atoms. The smallest absolute Gasteiger partial charge is 0.211 e. The van der Waals surface area contributed by atoms with Gasteiger partial charge in [0.1, 0.15) is 12.1 Å². The third-order valence-electron chi connectivity index (χ3n) is 3.93. The van der Waals surface area contributed by atoms with E-state index in [0.29, 0.717) is 25.0 Å². The molecule has 1 atom stereocenters. The molecule has 124 valence electrons. The molecule has 0 aromatic carbocycles. The summed E-state index contributed by atoms with van der Waals surface area (Å²) < 4.78 is 24.9. The van der Waals surface area contributed by atoms with Gasteiger partial charge in [0.2, 0.25) is 10.0 Å². The van der Waals surface area contributed by atoms with Crippen molar-refractivity contribution in [2.45, 2.75) is 45.6 Å². The van der Waals surface area contributed by atoms with Gasteiger partial charge in [-0.15, -0.1) is 0 Å². The summed E-state index contributed by atoms with van der Waals surface area (Å²) in [5.74, 6) is 1.33. The van der Waals surface area contributed by atoms with Gasteiger partial charge in [0.15, 0.2) is 0 Å². The molecule has 22 heavy (non-hydrogen) atoms. The Morgan fingerprint density at radius 2 is 2.09 bits per heavy atom. The Hall–Kier alpha value is -1.21. The van der Waals surface area contributed by atoms with Crippen molar-refractivity contribution in [1.29, 1.82) is 0 Å². The average Bonchev–Trinajstić information content (AvgIpc) is 2.63. The van der Waals surface area contributed by atoms with Crippen molar-refractivity contribution >= 4 is 15.8 Å². The Bertz CT molecular complexity index is 589. The van der Waals surface area contributed by atoms with Gasteiger partial charge in [-0.25, -0.2) is 22.7 Å². The molecule has 2 rings (SSSR count). The van der Waals surface area contributed by atoms with E-state index >= 15 is 0 Å². The van der Waals surface area contributed by atoms with Crippen molar-refractivity contribution in [3.8, 4) is 0 Å². The molecule has 0 aliphatic carbocycles. The van der Waals surface area contributed by atoms with E-state index in [1.807, 2.05) is 6.07 Å². The van der Waals surface area contributed by atoms with E-state index in [1.54, 1.807) is 10.6 Å². The molecular formula is C15H26N4O2S. The second kappa shape index (κ2) is 7.37. The third-order valence-corrected chi connectivity index (χ3v) is 5.24. The normalized spacial score (nSPS) is 20.8.